The van der Waals surface area contributed by atoms with Crippen LogP contribution in [0.4, 0.5) is 8.78 Å². The predicted octanol–water partition coefficient (Wildman–Crippen LogP) is 24.2. The minimum Gasteiger partial charge on any atom is -0.243 e. The molecule has 0 saturated carbocycles. The van der Waals surface area contributed by atoms with E-state index in [-0.39, 0.29) is 11.6 Å². The normalized spacial score (nSPS) is 14.1. The van der Waals surface area contributed by atoms with E-state index in [0.29, 0.717) is 55.4 Å². The minimum absolute atomic E-state index is 0.280. The number of halogens is 4. The molecule has 0 atom stereocenters. The highest BCUT2D eigenvalue weighted by Crippen LogP contribution is 2.65. The maximum Gasteiger partial charge on any atom is 0.150 e. The van der Waals surface area contributed by atoms with E-state index >= 15 is 8.78 Å². The standard InChI is InChI=1S/C68H102BrF2IN4O2/c1-5-9-13-17-21-25-29-33-37-41-45-67(46-42-38-34-30-26-22-18-14-10-6-2)51-49-53(69)63-65(75-77-73-63)55(51)57-59(67)62(71)58-56-52(50-54(72)64-66(56)76-78-74-64)68(60(58)61(57)70,47-43-39-35-31-27-23-19-15-11-7-3)48-44-40-36-32-28-24-20-16-12-8-4/h49-50H,5-48H2,1-4H3. The van der Waals surface area contributed by atoms with Crippen LogP contribution in [0.1, 0.15) is 332 Å². The van der Waals surface area contributed by atoms with E-state index in [1.165, 1.54) is 180 Å². The fraction of sp³-hybridized carbons (Fsp3) is 0.735. The van der Waals surface area contributed by atoms with E-state index in [4.69, 9.17) is 9.26 Å². The van der Waals surface area contributed by atoms with Crippen molar-refractivity contribution in [2.45, 2.75) is 321 Å². The van der Waals surface area contributed by atoms with Crippen molar-refractivity contribution in [3.8, 4) is 22.3 Å². The molecule has 3 aromatic carbocycles. The summed E-state index contributed by atoms with van der Waals surface area (Å²) >= 11 is 6.27. The van der Waals surface area contributed by atoms with E-state index in [9.17, 15) is 0 Å². The van der Waals surface area contributed by atoms with Crippen LogP contribution in [-0.4, -0.2) is 20.6 Å². The van der Waals surface area contributed by atoms with Gasteiger partial charge in [0.05, 0.1) is 0 Å². The Labute approximate surface area is 493 Å². The highest BCUT2D eigenvalue weighted by atomic mass is 127. The van der Waals surface area contributed by atoms with Gasteiger partial charge in [0.1, 0.15) is 33.7 Å². The Morgan fingerprint density at radius 2 is 0.615 bits per heavy atom. The summed E-state index contributed by atoms with van der Waals surface area (Å²) in [6.45, 7) is 9.12. The number of unbranched alkanes of at least 4 members (excludes halogenated alkanes) is 36. The van der Waals surface area contributed by atoms with Crippen molar-refractivity contribution in [3.05, 3.63) is 54.1 Å². The predicted molar refractivity (Wildman–Crippen MR) is 336 cm³/mol. The monoisotopic (exact) mass is 1250 g/mol. The van der Waals surface area contributed by atoms with Gasteiger partial charge in [-0.3, -0.25) is 0 Å². The van der Waals surface area contributed by atoms with Crippen molar-refractivity contribution in [1.29, 1.82) is 0 Å². The number of hydrogen-bond donors (Lipinski definition) is 0. The van der Waals surface area contributed by atoms with Gasteiger partial charge in [-0.2, -0.15) is 0 Å². The smallest absolute Gasteiger partial charge is 0.150 e. The van der Waals surface area contributed by atoms with Gasteiger partial charge in [0.15, 0.2) is 0 Å². The van der Waals surface area contributed by atoms with Gasteiger partial charge in [-0.05, 0) is 108 Å². The fourth-order valence-corrected chi connectivity index (χ4v) is 15.5. The molecule has 6 nitrogen and oxygen atoms in total. The molecule has 2 aromatic heterocycles. The molecule has 0 bridgehead atoms. The number of nitrogens with zero attached hydrogens (tertiary/aromatic N) is 4. The molecule has 7 rings (SSSR count). The Hall–Kier alpha value is -2.47. The summed E-state index contributed by atoms with van der Waals surface area (Å²) in [6, 6.07) is 4.36. The van der Waals surface area contributed by atoms with Gasteiger partial charge in [0.2, 0.25) is 0 Å². The van der Waals surface area contributed by atoms with Gasteiger partial charge in [0, 0.05) is 52.3 Å². The molecule has 2 aliphatic rings. The molecule has 2 heterocycles. The summed E-state index contributed by atoms with van der Waals surface area (Å²) in [7, 11) is 0. The third-order valence-corrected chi connectivity index (χ3v) is 20.1. The molecular weight excluding hydrogens is 1150 g/mol. The second kappa shape index (κ2) is 33.6. The van der Waals surface area contributed by atoms with Gasteiger partial charge in [0.25, 0.3) is 0 Å². The Balaban J connectivity index is 1.30. The Morgan fingerprint density at radius 1 is 0.359 bits per heavy atom. The first-order valence-electron chi connectivity index (χ1n) is 32.8. The van der Waals surface area contributed by atoms with Gasteiger partial charge < -0.3 is 0 Å². The zero-order chi connectivity index (χ0) is 55.0. The summed E-state index contributed by atoms with van der Waals surface area (Å²) in [4.78, 5) is 0. The van der Waals surface area contributed by atoms with Crippen LogP contribution in [-0.2, 0) is 10.8 Å². The molecule has 0 N–H and O–H groups in total. The molecule has 0 unspecified atom stereocenters. The third-order valence-electron chi connectivity index (χ3n) is 18.7. The molecule has 78 heavy (non-hydrogen) atoms. The van der Waals surface area contributed by atoms with E-state index < -0.39 is 10.8 Å². The van der Waals surface area contributed by atoms with Crippen molar-refractivity contribution in [2.75, 3.05) is 0 Å². The van der Waals surface area contributed by atoms with E-state index in [1.54, 1.807) is 0 Å². The Kier molecular flexibility index (Phi) is 27.2. The number of benzene rings is 3. The first-order valence-corrected chi connectivity index (χ1v) is 34.6. The summed E-state index contributed by atoms with van der Waals surface area (Å²) in [5.41, 5.74) is 5.98. The van der Waals surface area contributed by atoms with Gasteiger partial charge in [-0.1, -0.05) is 285 Å². The molecule has 0 radical (unpaired) electrons. The quantitative estimate of drug-likeness (QED) is 0.0286. The van der Waals surface area contributed by atoms with Gasteiger partial charge in [-0.15, -0.1) is 0 Å². The van der Waals surface area contributed by atoms with Crippen LogP contribution in [0.15, 0.2) is 25.9 Å². The minimum atomic E-state index is -0.774. The van der Waals surface area contributed by atoms with Crippen LogP contribution in [0.3, 0.4) is 0 Å². The average molecular weight is 1250 g/mol. The van der Waals surface area contributed by atoms with Gasteiger partial charge >= 0.3 is 0 Å². The van der Waals surface area contributed by atoms with Crippen LogP contribution in [0, 0.1) is 15.2 Å². The molecule has 0 amide bonds. The molecule has 434 valence electrons. The fourth-order valence-electron chi connectivity index (χ4n) is 14.3. The van der Waals surface area contributed by atoms with Crippen LogP contribution in [0.2, 0.25) is 0 Å². The third kappa shape index (κ3) is 15.6. The molecule has 0 fully saturated rings. The van der Waals surface area contributed by atoms with Crippen LogP contribution in [0.25, 0.3) is 44.3 Å². The first kappa shape index (κ1) is 63.1. The van der Waals surface area contributed by atoms with E-state index in [2.05, 4.69) is 99.0 Å². The molecule has 0 aliphatic heterocycles. The summed E-state index contributed by atoms with van der Waals surface area (Å²) in [5.74, 6) is -0.561. The Morgan fingerprint density at radius 3 is 0.936 bits per heavy atom. The maximum absolute atomic E-state index is 19.7. The van der Waals surface area contributed by atoms with Crippen molar-refractivity contribution in [2.24, 2.45) is 0 Å². The number of fused-ring (bicyclic) bond motifs is 10. The van der Waals surface area contributed by atoms with Gasteiger partial charge in [-0.25, -0.2) is 18.0 Å². The zero-order valence-corrected chi connectivity index (χ0v) is 53.1. The molecular formula is C68H102BrF2IN4O2. The maximum atomic E-state index is 19.7. The molecule has 2 aliphatic carbocycles. The summed E-state index contributed by atoms with van der Waals surface area (Å²) < 4.78 is 52.1. The number of aromatic nitrogens is 4. The Bertz CT molecular complexity index is 2330. The van der Waals surface area contributed by atoms with Crippen LogP contribution >= 0.6 is 38.5 Å². The van der Waals surface area contributed by atoms with Crippen LogP contribution in [0.5, 0.6) is 0 Å². The SMILES string of the molecule is CCCCCCCCCCCCC1(CCCCCCCCCCCC)c2cc(Br)c3nonc3c2-c2c(F)c3c(c(F)c21)-c1c(cc(I)c2nonc12)C3(CCCCCCCCCCCC)CCCCCCCCCCCC. The second-order valence-corrected chi connectivity index (χ2v) is 26.5. The largest absolute Gasteiger partial charge is 0.243 e. The second-order valence-electron chi connectivity index (χ2n) is 24.5. The summed E-state index contributed by atoms with van der Waals surface area (Å²) in [6.07, 6.45) is 51.7. The van der Waals surface area contributed by atoms with Crippen molar-refractivity contribution >= 4 is 60.6 Å². The topological polar surface area (TPSA) is 77.8 Å². The molecule has 5 aromatic rings. The molecule has 0 spiro atoms. The number of rotatable bonds is 44. The number of hydrogen-bond acceptors (Lipinski definition) is 6. The molecule has 10 heteroatoms. The van der Waals surface area contributed by atoms with Crippen molar-refractivity contribution in [3.63, 3.8) is 0 Å². The van der Waals surface area contributed by atoms with Crippen molar-refractivity contribution < 1.29 is 18.0 Å². The van der Waals surface area contributed by atoms with E-state index in [1.807, 2.05) is 0 Å². The lowest BCUT2D eigenvalue weighted by Crippen LogP contribution is -2.29. The lowest BCUT2D eigenvalue weighted by atomic mass is 9.68. The lowest BCUT2D eigenvalue weighted by Gasteiger charge is -2.35. The van der Waals surface area contributed by atoms with Crippen molar-refractivity contribution in [1.82, 2.24) is 20.6 Å². The highest BCUT2D eigenvalue weighted by molar-refractivity contribution is 14.1. The molecule has 0 saturated heterocycles. The lowest BCUT2D eigenvalue weighted by molar-refractivity contribution is 0.315. The zero-order valence-electron chi connectivity index (χ0n) is 49.4. The summed E-state index contributed by atoms with van der Waals surface area (Å²) in [5, 5.41) is 18.0. The van der Waals surface area contributed by atoms with E-state index in [0.717, 1.165) is 122 Å². The average Bonchev–Trinajstić information content (AvgIpc) is 4.37. The highest BCUT2D eigenvalue weighted by Gasteiger charge is 2.55. The first-order chi connectivity index (χ1) is 38.3. The van der Waals surface area contributed by atoms with Crippen LogP contribution < -0.4 is 0 Å².